The lowest BCUT2D eigenvalue weighted by Gasteiger charge is -2.07. The molecule has 3 rings (SSSR count). The summed E-state index contributed by atoms with van der Waals surface area (Å²) in [4.78, 5) is 4.38. The second-order valence-corrected chi connectivity index (χ2v) is 5.07. The molecular weight excluding hydrogens is 298 g/mol. The SMILES string of the molecule is Clc1ccc(CNc2cnnc(Nc3ccccc3)n2)cc1. The van der Waals surface area contributed by atoms with Gasteiger partial charge in [0.15, 0.2) is 5.82 Å². The van der Waals surface area contributed by atoms with E-state index in [1.165, 1.54) is 0 Å². The lowest BCUT2D eigenvalue weighted by molar-refractivity contribution is 0.966. The van der Waals surface area contributed by atoms with E-state index in [1.807, 2.05) is 54.6 Å². The number of para-hydroxylation sites is 1. The minimum absolute atomic E-state index is 0.451. The van der Waals surface area contributed by atoms with E-state index in [2.05, 4.69) is 25.8 Å². The van der Waals surface area contributed by atoms with Gasteiger partial charge in [-0.05, 0) is 29.8 Å². The maximum Gasteiger partial charge on any atom is 0.249 e. The first-order valence-corrected chi connectivity index (χ1v) is 7.17. The Kier molecular flexibility index (Phi) is 4.46. The third kappa shape index (κ3) is 3.93. The van der Waals surface area contributed by atoms with Gasteiger partial charge in [-0.25, -0.2) is 0 Å². The zero-order valence-electron chi connectivity index (χ0n) is 11.7. The van der Waals surface area contributed by atoms with Crippen LogP contribution in [0.2, 0.25) is 5.02 Å². The van der Waals surface area contributed by atoms with Crippen molar-refractivity contribution in [2.24, 2.45) is 0 Å². The standard InChI is InChI=1S/C16H14ClN5/c17-13-8-6-12(7-9-13)10-18-15-11-19-22-16(21-15)20-14-4-2-1-3-5-14/h1-9,11H,10H2,(H2,18,20,21,22). The van der Waals surface area contributed by atoms with E-state index < -0.39 is 0 Å². The fraction of sp³-hybridized carbons (Fsp3) is 0.0625. The van der Waals surface area contributed by atoms with Crippen LogP contribution >= 0.6 is 11.6 Å². The number of hydrogen-bond acceptors (Lipinski definition) is 5. The highest BCUT2D eigenvalue weighted by atomic mass is 35.5. The molecule has 0 bridgehead atoms. The molecule has 1 aromatic heterocycles. The highest BCUT2D eigenvalue weighted by Crippen LogP contribution is 2.14. The molecule has 6 heteroatoms. The van der Waals surface area contributed by atoms with Crippen molar-refractivity contribution in [3.63, 3.8) is 0 Å². The molecule has 110 valence electrons. The van der Waals surface area contributed by atoms with Gasteiger partial charge in [-0.1, -0.05) is 41.9 Å². The van der Waals surface area contributed by atoms with Crippen molar-refractivity contribution in [1.82, 2.24) is 15.2 Å². The Hall–Kier alpha value is -2.66. The number of benzene rings is 2. The van der Waals surface area contributed by atoms with Gasteiger partial charge in [0.05, 0.1) is 6.20 Å². The number of halogens is 1. The van der Waals surface area contributed by atoms with Crippen LogP contribution in [0.4, 0.5) is 17.5 Å². The molecule has 2 aromatic carbocycles. The fourth-order valence-corrected chi connectivity index (χ4v) is 2.01. The van der Waals surface area contributed by atoms with Crippen LogP contribution in [0.15, 0.2) is 60.8 Å². The van der Waals surface area contributed by atoms with Crippen LogP contribution in [0.25, 0.3) is 0 Å². The van der Waals surface area contributed by atoms with Crippen LogP contribution < -0.4 is 10.6 Å². The average molecular weight is 312 g/mol. The summed E-state index contributed by atoms with van der Waals surface area (Å²) in [5.41, 5.74) is 2.03. The van der Waals surface area contributed by atoms with Gasteiger partial charge in [0.2, 0.25) is 5.95 Å². The zero-order valence-corrected chi connectivity index (χ0v) is 12.5. The number of aromatic nitrogens is 3. The summed E-state index contributed by atoms with van der Waals surface area (Å²) < 4.78 is 0. The van der Waals surface area contributed by atoms with Gasteiger partial charge in [0.1, 0.15) is 0 Å². The summed E-state index contributed by atoms with van der Waals surface area (Å²) in [5, 5.41) is 15.0. The molecule has 0 atom stereocenters. The Morgan fingerprint density at radius 1 is 0.955 bits per heavy atom. The Morgan fingerprint density at radius 2 is 1.73 bits per heavy atom. The predicted octanol–water partition coefficient (Wildman–Crippen LogP) is 3.88. The Bertz CT molecular complexity index is 731. The molecule has 0 spiro atoms. The first-order valence-electron chi connectivity index (χ1n) is 6.80. The number of rotatable bonds is 5. The number of anilines is 3. The van der Waals surface area contributed by atoms with Gasteiger partial charge >= 0.3 is 0 Å². The summed E-state index contributed by atoms with van der Waals surface area (Å²) in [6.07, 6.45) is 1.59. The average Bonchev–Trinajstić information content (AvgIpc) is 2.56. The van der Waals surface area contributed by atoms with E-state index in [1.54, 1.807) is 6.20 Å². The molecule has 5 nitrogen and oxygen atoms in total. The van der Waals surface area contributed by atoms with E-state index in [4.69, 9.17) is 11.6 Å². The van der Waals surface area contributed by atoms with Crippen molar-refractivity contribution in [2.75, 3.05) is 10.6 Å². The largest absolute Gasteiger partial charge is 0.365 e. The van der Waals surface area contributed by atoms with Crippen molar-refractivity contribution >= 4 is 29.1 Å². The van der Waals surface area contributed by atoms with E-state index in [0.29, 0.717) is 18.3 Å². The molecular formula is C16H14ClN5. The molecule has 0 saturated heterocycles. The quantitative estimate of drug-likeness (QED) is 0.748. The summed E-state index contributed by atoms with van der Waals surface area (Å²) in [6, 6.07) is 17.4. The maximum atomic E-state index is 5.87. The molecule has 0 aliphatic heterocycles. The highest BCUT2D eigenvalue weighted by molar-refractivity contribution is 6.30. The highest BCUT2D eigenvalue weighted by Gasteiger charge is 2.01. The van der Waals surface area contributed by atoms with E-state index in [-0.39, 0.29) is 0 Å². The molecule has 0 unspecified atom stereocenters. The van der Waals surface area contributed by atoms with Crippen LogP contribution in [0.3, 0.4) is 0 Å². The van der Waals surface area contributed by atoms with Gasteiger partial charge in [-0.15, -0.1) is 5.10 Å². The third-order valence-electron chi connectivity index (χ3n) is 2.98. The molecule has 2 N–H and O–H groups in total. The molecule has 0 saturated carbocycles. The lowest BCUT2D eigenvalue weighted by atomic mass is 10.2. The van der Waals surface area contributed by atoms with Crippen LogP contribution in [0, 0.1) is 0 Å². The number of nitrogens with zero attached hydrogens (tertiary/aromatic N) is 3. The summed E-state index contributed by atoms with van der Waals surface area (Å²) in [5.74, 6) is 1.11. The van der Waals surface area contributed by atoms with Crippen molar-refractivity contribution in [3.05, 3.63) is 71.4 Å². The fourth-order valence-electron chi connectivity index (χ4n) is 1.89. The second kappa shape index (κ2) is 6.87. The maximum absolute atomic E-state index is 5.87. The minimum Gasteiger partial charge on any atom is -0.365 e. The van der Waals surface area contributed by atoms with Crippen molar-refractivity contribution in [2.45, 2.75) is 6.54 Å². The van der Waals surface area contributed by atoms with Gasteiger partial charge in [0.25, 0.3) is 0 Å². The van der Waals surface area contributed by atoms with Crippen LogP contribution in [0.5, 0.6) is 0 Å². The smallest absolute Gasteiger partial charge is 0.249 e. The molecule has 0 aliphatic rings. The Labute approximate surface area is 133 Å². The van der Waals surface area contributed by atoms with Gasteiger partial charge < -0.3 is 10.6 Å². The monoisotopic (exact) mass is 311 g/mol. The predicted molar refractivity (Wildman–Crippen MR) is 88.3 cm³/mol. The van der Waals surface area contributed by atoms with Crippen molar-refractivity contribution < 1.29 is 0 Å². The van der Waals surface area contributed by atoms with Gasteiger partial charge in [0, 0.05) is 17.3 Å². The summed E-state index contributed by atoms with van der Waals surface area (Å²) in [6.45, 7) is 0.640. The third-order valence-corrected chi connectivity index (χ3v) is 3.23. The molecule has 0 aliphatic carbocycles. The molecule has 0 amide bonds. The Morgan fingerprint density at radius 3 is 2.50 bits per heavy atom. The van der Waals surface area contributed by atoms with Crippen molar-refractivity contribution in [3.8, 4) is 0 Å². The first-order chi connectivity index (χ1) is 10.8. The van der Waals surface area contributed by atoms with Crippen LogP contribution in [-0.2, 0) is 6.54 Å². The van der Waals surface area contributed by atoms with Crippen molar-refractivity contribution in [1.29, 1.82) is 0 Å². The number of hydrogen-bond donors (Lipinski definition) is 2. The van der Waals surface area contributed by atoms with E-state index >= 15 is 0 Å². The van der Waals surface area contributed by atoms with E-state index in [9.17, 15) is 0 Å². The molecule has 22 heavy (non-hydrogen) atoms. The molecule has 0 radical (unpaired) electrons. The van der Waals surface area contributed by atoms with Gasteiger partial charge in [-0.2, -0.15) is 10.1 Å². The second-order valence-electron chi connectivity index (χ2n) is 4.64. The first kappa shape index (κ1) is 14.3. The van der Waals surface area contributed by atoms with Gasteiger partial charge in [-0.3, -0.25) is 0 Å². The zero-order chi connectivity index (χ0) is 15.2. The van der Waals surface area contributed by atoms with E-state index in [0.717, 1.165) is 16.3 Å². The Balaban J connectivity index is 1.65. The summed E-state index contributed by atoms with van der Waals surface area (Å²) in [7, 11) is 0. The topological polar surface area (TPSA) is 62.7 Å². The summed E-state index contributed by atoms with van der Waals surface area (Å²) >= 11 is 5.87. The molecule has 0 fully saturated rings. The lowest BCUT2D eigenvalue weighted by Crippen LogP contribution is -2.05. The molecule has 1 heterocycles. The normalized spacial score (nSPS) is 10.2. The minimum atomic E-state index is 0.451. The van der Waals surface area contributed by atoms with Crippen LogP contribution in [-0.4, -0.2) is 15.2 Å². The number of nitrogens with one attached hydrogen (secondary N) is 2. The molecule has 3 aromatic rings. The van der Waals surface area contributed by atoms with Crippen LogP contribution in [0.1, 0.15) is 5.56 Å².